The summed E-state index contributed by atoms with van der Waals surface area (Å²) in [6.45, 7) is -0.303. The molecule has 1 rings (SSSR count). The van der Waals surface area contributed by atoms with Gasteiger partial charge in [0.15, 0.2) is 6.10 Å². The van der Waals surface area contributed by atoms with Gasteiger partial charge in [0.2, 0.25) is 0 Å². The summed E-state index contributed by atoms with van der Waals surface area (Å²) in [7, 11) is 0. The fraction of sp³-hybridized carbons (Fsp3) is 0.200. The van der Waals surface area contributed by atoms with E-state index in [2.05, 4.69) is 5.32 Å². The molecule has 1 atom stereocenters. The van der Waals surface area contributed by atoms with E-state index in [0.29, 0.717) is 5.56 Å². The van der Waals surface area contributed by atoms with Crippen LogP contribution in [0.5, 0.6) is 0 Å². The predicted molar refractivity (Wildman–Crippen MR) is 52.4 cm³/mol. The molecule has 0 unspecified atom stereocenters. The summed E-state index contributed by atoms with van der Waals surface area (Å²) in [4.78, 5) is 21.6. The van der Waals surface area contributed by atoms with Crippen molar-refractivity contribution in [1.29, 1.82) is 0 Å². The van der Waals surface area contributed by atoms with Crippen molar-refractivity contribution >= 4 is 11.9 Å². The maximum atomic E-state index is 11.4. The van der Waals surface area contributed by atoms with E-state index in [1.807, 2.05) is 0 Å². The molecule has 3 N–H and O–H groups in total. The number of carboxylic acid groups (broad SMARTS) is 1. The third kappa shape index (κ3) is 3.40. The third-order valence-electron chi connectivity index (χ3n) is 1.78. The van der Waals surface area contributed by atoms with Gasteiger partial charge in [-0.2, -0.15) is 0 Å². The van der Waals surface area contributed by atoms with Crippen molar-refractivity contribution in [3.05, 3.63) is 35.9 Å². The number of aliphatic carboxylic acids is 1. The first kappa shape index (κ1) is 11.2. The molecule has 0 saturated carbocycles. The first-order chi connectivity index (χ1) is 7.11. The summed E-state index contributed by atoms with van der Waals surface area (Å²) in [5, 5.41) is 19.6. The Morgan fingerprint density at radius 1 is 1.27 bits per heavy atom. The van der Waals surface area contributed by atoms with Gasteiger partial charge in [0.25, 0.3) is 5.91 Å². The summed E-state index contributed by atoms with van der Waals surface area (Å²) in [5.74, 6) is -1.76. The quantitative estimate of drug-likeness (QED) is 0.644. The molecule has 1 aromatic carbocycles. The van der Waals surface area contributed by atoms with Crippen LogP contribution in [0.3, 0.4) is 0 Å². The van der Waals surface area contributed by atoms with Crippen LogP contribution < -0.4 is 5.32 Å². The average Bonchev–Trinajstić information content (AvgIpc) is 2.26. The highest BCUT2D eigenvalue weighted by Gasteiger charge is 2.14. The number of aliphatic hydroxyl groups is 1. The van der Waals surface area contributed by atoms with E-state index >= 15 is 0 Å². The maximum Gasteiger partial charge on any atom is 0.334 e. The van der Waals surface area contributed by atoms with E-state index in [4.69, 9.17) is 10.2 Å². The number of hydrogen-bond acceptors (Lipinski definition) is 3. The Labute approximate surface area is 86.4 Å². The number of rotatable bonds is 4. The molecular weight excluding hydrogens is 198 g/mol. The third-order valence-corrected chi connectivity index (χ3v) is 1.78. The number of carbonyl (C=O) groups excluding carboxylic acids is 1. The van der Waals surface area contributed by atoms with Crippen molar-refractivity contribution in [3.63, 3.8) is 0 Å². The second-order valence-electron chi connectivity index (χ2n) is 2.93. The van der Waals surface area contributed by atoms with Gasteiger partial charge in [-0.25, -0.2) is 4.79 Å². The first-order valence-electron chi connectivity index (χ1n) is 4.35. The molecule has 80 valence electrons. The Bertz CT molecular complexity index is 350. The van der Waals surface area contributed by atoms with Crippen molar-refractivity contribution in [3.8, 4) is 0 Å². The van der Waals surface area contributed by atoms with Crippen LogP contribution in [0.15, 0.2) is 30.3 Å². The van der Waals surface area contributed by atoms with E-state index in [0.717, 1.165) is 0 Å². The van der Waals surface area contributed by atoms with Gasteiger partial charge in [0.1, 0.15) is 0 Å². The van der Waals surface area contributed by atoms with Crippen LogP contribution in [0, 0.1) is 0 Å². The molecule has 5 nitrogen and oxygen atoms in total. The number of hydrogen-bond donors (Lipinski definition) is 3. The Morgan fingerprint density at radius 3 is 2.40 bits per heavy atom. The lowest BCUT2D eigenvalue weighted by Crippen LogP contribution is -2.36. The molecule has 0 radical (unpaired) electrons. The Kier molecular flexibility index (Phi) is 3.82. The van der Waals surface area contributed by atoms with Crippen LogP contribution in [0.25, 0.3) is 0 Å². The molecule has 0 spiro atoms. The highest BCUT2D eigenvalue weighted by atomic mass is 16.4. The number of benzene rings is 1. The minimum Gasteiger partial charge on any atom is -0.479 e. The highest BCUT2D eigenvalue weighted by molar-refractivity contribution is 5.94. The minimum absolute atomic E-state index is 0.303. The number of amides is 1. The topological polar surface area (TPSA) is 86.6 Å². The maximum absolute atomic E-state index is 11.4. The van der Waals surface area contributed by atoms with Crippen LogP contribution in [0.1, 0.15) is 10.4 Å². The van der Waals surface area contributed by atoms with Gasteiger partial charge in [-0.15, -0.1) is 0 Å². The van der Waals surface area contributed by atoms with Crippen molar-refractivity contribution in [2.75, 3.05) is 6.54 Å². The van der Waals surface area contributed by atoms with Gasteiger partial charge in [-0.3, -0.25) is 4.79 Å². The molecule has 1 amide bonds. The van der Waals surface area contributed by atoms with E-state index < -0.39 is 18.0 Å². The van der Waals surface area contributed by atoms with Gasteiger partial charge in [-0.1, -0.05) is 18.2 Å². The zero-order valence-corrected chi connectivity index (χ0v) is 7.88. The number of carbonyl (C=O) groups is 2. The van der Waals surface area contributed by atoms with Crippen LogP contribution in [-0.4, -0.2) is 34.7 Å². The predicted octanol–water partition coefficient (Wildman–Crippen LogP) is -0.138. The average molecular weight is 209 g/mol. The van der Waals surface area contributed by atoms with Gasteiger partial charge >= 0.3 is 5.97 Å². The molecular formula is C10H11NO4. The summed E-state index contributed by atoms with van der Waals surface area (Å²) in [6.07, 6.45) is -1.57. The molecule has 0 heterocycles. The summed E-state index contributed by atoms with van der Waals surface area (Å²) in [6, 6.07) is 8.36. The number of aliphatic hydroxyl groups excluding tert-OH is 1. The fourth-order valence-electron chi connectivity index (χ4n) is 0.968. The van der Waals surface area contributed by atoms with Crippen LogP contribution in [0.4, 0.5) is 0 Å². The second-order valence-corrected chi connectivity index (χ2v) is 2.93. The lowest BCUT2D eigenvalue weighted by Gasteiger charge is -2.07. The first-order valence-corrected chi connectivity index (χ1v) is 4.35. The molecule has 0 aliphatic heterocycles. The molecule has 0 aromatic heterocycles. The van der Waals surface area contributed by atoms with Crippen LogP contribution >= 0.6 is 0 Å². The van der Waals surface area contributed by atoms with E-state index in [1.54, 1.807) is 30.3 Å². The molecule has 0 aliphatic rings. The van der Waals surface area contributed by atoms with Gasteiger partial charge in [-0.05, 0) is 12.1 Å². The highest BCUT2D eigenvalue weighted by Crippen LogP contribution is 1.97. The van der Waals surface area contributed by atoms with Crippen molar-refractivity contribution in [2.45, 2.75) is 6.10 Å². The molecule has 0 fully saturated rings. The lowest BCUT2D eigenvalue weighted by molar-refractivity contribution is -0.146. The minimum atomic E-state index is -1.57. The largest absolute Gasteiger partial charge is 0.479 e. The number of nitrogens with one attached hydrogen (secondary N) is 1. The van der Waals surface area contributed by atoms with Crippen LogP contribution in [0.2, 0.25) is 0 Å². The van der Waals surface area contributed by atoms with Gasteiger partial charge in [0.05, 0.1) is 6.54 Å². The van der Waals surface area contributed by atoms with Crippen molar-refractivity contribution < 1.29 is 19.8 Å². The zero-order valence-electron chi connectivity index (χ0n) is 7.88. The number of carboxylic acids is 1. The standard InChI is InChI=1S/C10H11NO4/c12-8(10(14)15)6-11-9(13)7-4-2-1-3-5-7/h1-5,8,12H,6H2,(H,11,13)(H,14,15)/t8-/m0/s1. The van der Waals surface area contributed by atoms with E-state index in [-0.39, 0.29) is 6.54 Å². The Balaban J connectivity index is 2.47. The van der Waals surface area contributed by atoms with Crippen molar-refractivity contribution in [2.24, 2.45) is 0 Å². The summed E-state index contributed by atoms with van der Waals surface area (Å²) in [5.41, 5.74) is 0.426. The molecule has 5 heteroatoms. The van der Waals surface area contributed by atoms with Crippen LogP contribution in [-0.2, 0) is 4.79 Å². The smallest absolute Gasteiger partial charge is 0.334 e. The molecule has 0 bridgehead atoms. The molecule has 0 saturated heterocycles. The summed E-state index contributed by atoms with van der Waals surface area (Å²) < 4.78 is 0. The monoisotopic (exact) mass is 209 g/mol. The lowest BCUT2D eigenvalue weighted by atomic mass is 10.2. The van der Waals surface area contributed by atoms with E-state index in [1.165, 1.54) is 0 Å². The molecule has 0 aliphatic carbocycles. The van der Waals surface area contributed by atoms with Gasteiger partial charge < -0.3 is 15.5 Å². The molecule has 15 heavy (non-hydrogen) atoms. The Morgan fingerprint density at radius 2 is 1.87 bits per heavy atom. The summed E-state index contributed by atoms with van der Waals surface area (Å²) >= 11 is 0. The zero-order chi connectivity index (χ0) is 11.3. The fourth-order valence-corrected chi connectivity index (χ4v) is 0.968. The Hall–Kier alpha value is -1.88. The van der Waals surface area contributed by atoms with E-state index in [9.17, 15) is 9.59 Å². The SMILES string of the molecule is O=C(NC[C@H](O)C(=O)O)c1ccccc1. The second kappa shape index (κ2) is 5.11. The van der Waals surface area contributed by atoms with Crippen molar-refractivity contribution in [1.82, 2.24) is 5.32 Å². The molecule has 1 aromatic rings. The normalized spacial score (nSPS) is 11.8. The van der Waals surface area contributed by atoms with Gasteiger partial charge in [0, 0.05) is 5.56 Å².